The lowest BCUT2D eigenvalue weighted by Crippen LogP contribution is -2.48. The molecule has 0 fully saturated rings. The third-order valence-electron chi connectivity index (χ3n) is 4.82. The highest BCUT2D eigenvalue weighted by atomic mass is 127. The molecule has 0 spiro atoms. The van der Waals surface area contributed by atoms with Crippen molar-refractivity contribution in [1.29, 1.82) is 0 Å². The first-order valence-electron chi connectivity index (χ1n) is 9.12. The highest BCUT2D eigenvalue weighted by molar-refractivity contribution is 14.1. The number of fused-ring (bicyclic) bond motifs is 1. The van der Waals surface area contributed by atoms with Gasteiger partial charge in [-0.2, -0.15) is 0 Å². The minimum atomic E-state index is -0.955. The molecule has 5 nitrogen and oxygen atoms in total. The molecule has 0 aromatic heterocycles. The number of anilines is 1. The van der Waals surface area contributed by atoms with E-state index in [1.165, 1.54) is 0 Å². The fourth-order valence-corrected chi connectivity index (χ4v) is 3.75. The lowest BCUT2D eigenvalue weighted by atomic mass is 10.0. The number of hydrogen-bond acceptors (Lipinski definition) is 3. The summed E-state index contributed by atoms with van der Waals surface area (Å²) in [6.07, 6.45) is 0.239. The van der Waals surface area contributed by atoms with E-state index in [-0.39, 0.29) is 6.42 Å². The van der Waals surface area contributed by atoms with Crippen LogP contribution in [0.25, 0.3) is 0 Å². The summed E-state index contributed by atoms with van der Waals surface area (Å²) in [6.45, 7) is 0. The molecule has 0 saturated carbocycles. The van der Waals surface area contributed by atoms with Crippen LogP contribution >= 0.6 is 22.6 Å². The number of nitrogens with zero attached hydrogens (tertiary/aromatic N) is 1. The number of nitrogens with one attached hydrogen (secondary N) is 1. The van der Waals surface area contributed by atoms with E-state index < -0.39 is 23.8 Å². The Kier molecular flexibility index (Phi) is 5.44. The molecule has 144 valence electrons. The Morgan fingerprint density at radius 3 is 1.97 bits per heavy atom. The summed E-state index contributed by atoms with van der Waals surface area (Å²) in [6, 6.07) is 22.4. The molecule has 0 bridgehead atoms. The van der Waals surface area contributed by atoms with Crippen molar-refractivity contribution in [3.8, 4) is 0 Å². The molecule has 1 aliphatic rings. The number of amides is 3. The molecule has 0 radical (unpaired) electrons. The van der Waals surface area contributed by atoms with Gasteiger partial charge in [0, 0.05) is 15.7 Å². The van der Waals surface area contributed by atoms with E-state index in [0.29, 0.717) is 16.8 Å². The summed E-state index contributed by atoms with van der Waals surface area (Å²) in [5.41, 5.74) is 2.15. The third-order valence-corrected chi connectivity index (χ3v) is 5.54. The predicted molar refractivity (Wildman–Crippen MR) is 119 cm³/mol. The van der Waals surface area contributed by atoms with E-state index in [0.717, 1.165) is 14.0 Å². The van der Waals surface area contributed by atoms with Gasteiger partial charge >= 0.3 is 0 Å². The average molecular weight is 496 g/mol. The first-order chi connectivity index (χ1) is 14.0. The molecule has 0 saturated heterocycles. The lowest BCUT2D eigenvalue weighted by molar-refractivity contribution is -0.119. The number of hydrogen-bond donors (Lipinski definition) is 1. The van der Waals surface area contributed by atoms with Gasteiger partial charge in [0.1, 0.15) is 6.04 Å². The van der Waals surface area contributed by atoms with E-state index in [1.807, 2.05) is 42.5 Å². The van der Waals surface area contributed by atoms with Crippen molar-refractivity contribution in [1.82, 2.24) is 4.90 Å². The maximum Gasteiger partial charge on any atom is 0.262 e. The zero-order chi connectivity index (χ0) is 20.4. The van der Waals surface area contributed by atoms with Gasteiger partial charge in [0.05, 0.1) is 11.1 Å². The summed E-state index contributed by atoms with van der Waals surface area (Å²) in [5.74, 6) is -1.28. The van der Waals surface area contributed by atoms with Crippen LogP contribution in [0.5, 0.6) is 0 Å². The number of rotatable bonds is 5. The Hall–Kier alpha value is -3.00. The Bertz CT molecular complexity index is 1050. The minimum absolute atomic E-state index is 0.239. The Morgan fingerprint density at radius 2 is 1.38 bits per heavy atom. The maximum absolute atomic E-state index is 13.2. The van der Waals surface area contributed by atoms with Gasteiger partial charge in [-0.05, 0) is 64.6 Å². The number of benzene rings is 3. The van der Waals surface area contributed by atoms with Crippen LogP contribution in [0, 0.1) is 3.57 Å². The minimum Gasteiger partial charge on any atom is -0.324 e. The van der Waals surface area contributed by atoms with Gasteiger partial charge in [-0.3, -0.25) is 19.3 Å². The fourth-order valence-electron chi connectivity index (χ4n) is 3.39. The zero-order valence-corrected chi connectivity index (χ0v) is 17.5. The molecule has 29 heavy (non-hydrogen) atoms. The Balaban J connectivity index is 1.67. The Labute approximate surface area is 181 Å². The van der Waals surface area contributed by atoms with Crippen molar-refractivity contribution in [3.63, 3.8) is 0 Å². The molecule has 0 aliphatic carbocycles. The number of carbonyl (C=O) groups is 3. The van der Waals surface area contributed by atoms with Crippen LogP contribution in [0.3, 0.4) is 0 Å². The molecule has 3 aromatic carbocycles. The number of halogens is 1. The van der Waals surface area contributed by atoms with E-state index in [9.17, 15) is 14.4 Å². The lowest BCUT2D eigenvalue weighted by Gasteiger charge is -2.25. The third kappa shape index (κ3) is 3.93. The van der Waals surface area contributed by atoms with Crippen molar-refractivity contribution < 1.29 is 14.4 Å². The van der Waals surface area contributed by atoms with E-state index >= 15 is 0 Å². The van der Waals surface area contributed by atoms with Gasteiger partial charge in [-0.1, -0.05) is 42.5 Å². The SMILES string of the molecule is O=C(Nc1ccc(I)cc1)[C@H](Cc1ccccc1)N1C(=O)c2ccccc2C1=O. The van der Waals surface area contributed by atoms with Crippen LogP contribution < -0.4 is 5.32 Å². The Morgan fingerprint density at radius 1 is 0.828 bits per heavy atom. The monoisotopic (exact) mass is 496 g/mol. The number of carbonyl (C=O) groups excluding carboxylic acids is 3. The highest BCUT2D eigenvalue weighted by Crippen LogP contribution is 2.26. The molecule has 1 aliphatic heterocycles. The topological polar surface area (TPSA) is 66.5 Å². The van der Waals surface area contributed by atoms with Crippen LogP contribution in [-0.4, -0.2) is 28.7 Å². The summed E-state index contributed by atoms with van der Waals surface area (Å²) in [7, 11) is 0. The van der Waals surface area contributed by atoms with Crippen LogP contribution in [0.1, 0.15) is 26.3 Å². The van der Waals surface area contributed by atoms with Crippen molar-refractivity contribution >= 4 is 46.0 Å². The highest BCUT2D eigenvalue weighted by Gasteiger charge is 2.42. The van der Waals surface area contributed by atoms with E-state index in [4.69, 9.17) is 0 Å². The molecule has 3 aromatic rings. The van der Waals surface area contributed by atoms with Gasteiger partial charge in [0.15, 0.2) is 0 Å². The quantitative estimate of drug-likeness (QED) is 0.427. The number of imide groups is 1. The van der Waals surface area contributed by atoms with Gasteiger partial charge in [0.2, 0.25) is 5.91 Å². The standard InChI is InChI=1S/C23H17IN2O3/c24-16-10-12-17(13-11-16)25-21(27)20(14-15-6-2-1-3-7-15)26-22(28)18-8-4-5-9-19(18)23(26)29/h1-13,20H,14H2,(H,25,27)/t20-/m0/s1. The van der Waals surface area contributed by atoms with Crippen molar-refractivity contribution in [3.05, 3.63) is 99.1 Å². The molecule has 6 heteroatoms. The second-order valence-electron chi connectivity index (χ2n) is 6.73. The van der Waals surface area contributed by atoms with Crippen LogP contribution in [-0.2, 0) is 11.2 Å². The molecule has 0 unspecified atom stereocenters. The van der Waals surface area contributed by atoms with Crippen molar-refractivity contribution in [2.45, 2.75) is 12.5 Å². The van der Waals surface area contributed by atoms with Crippen LogP contribution in [0.15, 0.2) is 78.9 Å². The molecule has 4 rings (SSSR count). The summed E-state index contributed by atoms with van der Waals surface area (Å²) >= 11 is 2.18. The molecule has 1 atom stereocenters. The smallest absolute Gasteiger partial charge is 0.262 e. The van der Waals surface area contributed by atoms with E-state index in [1.54, 1.807) is 36.4 Å². The predicted octanol–water partition coefficient (Wildman–Crippen LogP) is 4.14. The van der Waals surface area contributed by atoms with Crippen molar-refractivity contribution in [2.75, 3.05) is 5.32 Å². The second kappa shape index (κ2) is 8.16. The largest absolute Gasteiger partial charge is 0.324 e. The van der Waals surface area contributed by atoms with Gasteiger partial charge in [-0.15, -0.1) is 0 Å². The fraction of sp³-hybridized carbons (Fsp3) is 0.0870. The maximum atomic E-state index is 13.2. The molecular weight excluding hydrogens is 479 g/mol. The van der Waals surface area contributed by atoms with Crippen LogP contribution in [0.4, 0.5) is 5.69 Å². The summed E-state index contributed by atoms with van der Waals surface area (Å²) < 4.78 is 1.04. The van der Waals surface area contributed by atoms with Crippen LogP contribution in [0.2, 0.25) is 0 Å². The van der Waals surface area contributed by atoms with Gasteiger partial charge in [-0.25, -0.2) is 0 Å². The normalized spacial score (nSPS) is 13.9. The van der Waals surface area contributed by atoms with Gasteiger partial charge in [0.25, 0.3) is 11.8 Å². The van der Waals surface area contributed by atoms with Crippen molar-refractivity contribution in [2.24, 2.45) is 0 Å². The molecule has 1 N–H and O–H groups in total. The molecular formula is C23H17IN2O3. The van der Waals surface area contributed by atoms with E-state index in [2.05, 4.69) is 27.9 Å². The zero-order valence-electron chi connectivity index (χ0n) is 15.3. The van der Waals surface area contributed by atoms with Gasteiger partial charge < -0.3 is 5.32 Å². The summed E-state index contributed by atoms with van der Waals surface area (Å²) in [4.78, 5) is 40.2. The molecule has 1 heterocycles. The average Bonchev–Trinajstić information content (AvgIpc) is 2.99. The second-order valence-corrected chi connectivity index (χ2v) is 7.97. The molecule has 3 amide bonds. The first kappa shape index (κ1) is 19.3. The first-order valence-corrected chi connectivity index (χ1v) is 10.2. The summed E-state index contributed by atoms with van der Waals surface area (Å²) in [5, 5.41) is 2.85.